The highest BCUT2D eigenvalue weighted by Gasteiger charge is 2.01. The average Bonchev–Trinajstić information content (AvgIpc) is 2.36. The van der Waals surface area contributed by atoms with Gasteiger partial charge in [0.1, 0.15) is 6.29 Å². The largest absolute Gasteiger partial charge is 0.302 e. The van der Waals surface area contributed by atoms with Crippen molar-refractivity contribution in [2.45, 2.75) is 6.54 Å². The predicted octanol–water partition coefficient (Wildman–Crippen LogP) is 2.14. The van der Waals surface area contributed by atoms with Gasteiger partial charge in [0.2, 0.25) is 0 Å². The number of rotatable bonds is 4. The second kappa shape index (κ2) is 4.74. The second-order valence-electron chi connectivity index (χ2n) is 2.57. The van der Waals surface area contributed by atoms with Gasteiger partial charge in [0.25, 0.3) is 0 Å². The second-order valence-corrected chi connectivity index (χ2v) is 5.12. The first-order valence-corrected chi connectivity index (χ1v) is 5.19. The van der Waals surface area contributed by atoms with E-state index in [9.17, 15) is 4.79 Å². The zero-order chi connectivity index (χ0) is 8.97. The van der Waals surface area contributed by atoms with E-state index in [0.29, 0.717) is 6.54 Å². The topological polar surface area (TPSA) is 20.3 Å². The Morgan fingerprint density at radius 3 is 2.92 bits per heavy atom. The number of hydrogen-bond acceptors (Lipinski definition) is 3. The van der Waals surface area contributed by atoms with E-state index < -0.39 is 0 Å². The maximum atomic E-state index is 10.2. The third-order valence-corrected chi connectivity index (χ3v) is 3.05. The van der Waals surface area contributed by atoms with Crippen molar-refractivity contribution in [3.63, 3.8) is 0 Å². The molecule has 4 heteroatoms. The van der Waals surface area contributed by atoms with Crippen molar-refractivity contribution in [1.29, 1.82) is 0 Å². The summed E-state index contributed by atoms with van der Waals surface area (Å²) in [5, 5.41) is 0. The van der Waals surface area contributed by atoms with Crippen LogP contribution in [-0.2, 0) is 11.3 Å². The van der Waals surface area contributed by atoms with E-state index in [2.05, 4.69) is 22.0 Å². The van der Waals surface area contributed by atoms with Crippen molar-refractivity contribution < 1.29 is 4.79 Å². The van der Waals surface area contributed by atoms with Crippen molar-refractivity contribution in [2.24, 2.45) is 0 Å². The number of hydrogen-bond donors (Lipinski definition) is 0. The highest BCUT2D eigenvalue weighted by Crippen LogP contribution is 2.22. The molecule has 0 amide bonds. The molecule has 0 spiro atoms. The summed E-state index contributed by atoms with van der Waals surface area (Å²) in [7, 11) is 1.93. The Morgan fingerprint density at radius 2 is 2.42 bits per heavy atom. The zero-order valence-electron chi connectivity index (χ0n) is 6.79. The summed E-state index contributed by atoms with van der Waals surface area (Å²) in [6.45, 7) is 1.34. The molecule has 1 heterocycles. The maximum absolute atomic E-state index is 10.2. The summed E-state index contributed by atoms with van der Waals surface area (Å²) in [5.74, 6) is 0. The summed E-state index contributed by atoms with van der Waals surface area (Å²) in [5.41, 5.74) is 0. The van der Waals surface area contributed by atoms with Gasteiger partial charge in [-0.2, -0.15) is 0 Å². The fraction of sp³-hybridized carbons (Fsp3) is 0.375. The molecule has 0 N–H and O–H groups in total. The minimum Gasteiger partial charge on any atom is -0.302 e. The molecule has 0 aliphatic rings. The van der Waals surface area contributed by atoms with Gasteiger partial charge in [-0.25, -0.2) is 0 Å². The van der Waals surface area contributed by atoms with Crippen LogP contribution >= 0.6 is 27.3 Å². The van der Waals surface area contributed by atoms with Gasteiger partial charge in [-0.15, -0.1) is 11.3 Å². The number of carbonyl (C=O) groups is 1. The van der Waals surface area contributed by atoms with Crippen LogP contribution in [0.4, 0.5) is 0 Å². The Balaban J connectivity index is 2.46. The molecule has 0 saturated heterocycles. The quantitative estimate of drug-likeness (QED) is 0.761. The summed E-state index contributed by atoms with van der Waals surface area (Å²) in [6.07, 6.45) is 0.919. The fourth-order valence-electron chi connectivity index (χ4n) is 0.895. The Bertz CT molecular complexity index is 261. The van der Waals surface area contributed by atoms with E-state index in [1.165, 1.54) is 4.88 Å². The van der Waals surface area contributed by atoms with Gasteiger partial charge in [-0.1, -0.05) is 0 Å². The van der Waals surface area contributed by atoms with Gasteiger partial charge in [0.05, 0.1) is 10.3 Å². The van der Waals surface area contributed by atoms with E-state index in [1.54, 1.807) is 11.3 Å². The molecule has 0 aliphatic heterocycles. The standard InChI is InChI=1S/C8H10BrNOS/c1-10(4-5-11)6-7-2-3-8(9)12-7/h2-3,5H,4,6H2,1H3. The predicted molar refractivity (Wildman–Crippen MR) is 54.4 cm³/mol. The SMILES string of the molecule is CN(CC=O)Cc1ccc(Br)s1. The lowest BCUT2D eigenvalue weighted by Gasteiger charge is -2.10. The lowest BCUT2D eigenvalue weighted by atomic mass is 10.4. The molecule has 0 atom stereocenters. The molecule has 2 nitrogen and oxygen atoms in total. The molecule has 0 saturated carbocycles. The molecule has 0 bridgehead atoms. The Kier molecular flexibility index (Phi) is 3.91. The van der Waals surface area contributed by atoms with Gasteiger partial charge in [-0.05, 0) is 35.1 Å². The normalized spacial score (nSPS) is 10.6. The Hall–Kier alpha value is -0.190. The molecule has 0 aromatic carbocycles. The molecule has 0 unspecified atom stereocenters. The van der Waals surface area contributed by atoms with E-state index in [1.807, 2.05) is 18.0 Å². The molecule has 1 aromatic heterocycles. The number of likely N-dealkylation sites (N-methyl/N-ethyl adjacent to an activating group) is 1. The van der Waals surface area contributed by atoms with Crippen LogP contribution in [-0.4, -0.2) is 24.8 Å². The van der Waals surface area contributed by atoms with Crippen LogP contribution in [0.25, 0.3) is 0 Å². The van der Waals surface area contributed by atoms with Gasteiger partial charge < -0.3 is 4.79 Å². The number of carbonyl (C=O) groups excluding carboxylic acids is 1. The number of thiophene rings is 1. The number of aldehydes is 1. The number of nitrogens with zero attached hydrogens (tertiary/aromatic N) is 1. The smallest absolute Gasteiger partial charge is 0.133 e. The molecular formula is C8H10BrNOS. The highest BCUT2D eigenvalue weighted by atomic mass is 79.9. The first-order chi connectivity index (χ1) is 5.72. The van der Waals surface area contributed by atoms with Gasteiger partial charge in [0, 0.05) is 11.4 Å². The summed E-state index contributed by atoms with van der Waals surface area (Å²) < 4.78 is 1.14. The molecule has 0 radical (unpaired) electrons. The molecule has 0 aliphatic carbocycles. The highest BCUT2D eigenvalue weighted by molar-refractivity contribution is 9.11. The van der Waals surface area contributed by atoms with Crippen molar-refractivity contribution in [3.8, 4) is 0 Å². The minimum atomic E-state index is 0.496. The Labute approximate surface area is 84.3 Å². The average molecular weight is 248 g/mol. The van der Waals surface area contributed by atoms with Crippen molar-refractivity contribution in [3.05, 3.63) is 20.8 Å². The first-order valence-electron chi connectivity index (χ1n) is 3.59. The van der Waals surface area contributed by atoms with Crippen LogP contribution in [0.15, 0.2) is 15.9 Å². The van der Waals surface area contributed by atoms with E-state index in [-0.39, 0.29) is 0 Å². The summed E-state index contributed by atoms with van der Waals surface area (Å²) in [6, 6.07) is 4.09. The third kappa shape index (κ3) is 3.05. The fourth-order valence-corrected chi connectivity index (χ4v) is 2.46. The molecule has 12 heavy (non-hydrogen) atoms. The number of halogens is 1. The summed E-state index contributed by atoms with van der Waals surface area (Å²) in [4.78, 5) is 13.4. The third-order valence-electron chi connectivity index (χ3n) is 1.44. The van der Waals surface area contributed by atoms with Crippen molar-refractivity contribution in [1.82, 2.24) is 4.90 Å². The van der Waals surface area contributed by atoms with Gasteiger partial charge >= 0.3 is 0 Å². The van der Waals surface area contributed by atoms with Crippen LogP contribution in [0.1, 0.15) is 4.88 Å². The molecule has 0 fully saturated rings. The van der Waals surface area contributed by atoms with Crippen LogP contribution in [0.3, 0.4) is 0 Å². The first kappa shape index (κ1) is 9.89. The molecule has 1 rings (SSSR count). The molecule has 66 valence electrons. The van der Waals surface area contributed by atoms with Crippen LogP contribution in [0.2, 0.25) is 0 Å². The van der Waals surface area contributed by atoms with Gasteiger partial charge in [0.15, 0.2) is 0 Å². The lowest BCUT2D eigenvalue weighted by Crippen LogP contribution is -2.19. The van der Waals surface area contributed by atoms with Crippen molar-refractivity contribution >= 4 is 33.6 Å². The zero-order valence-corrected chi connectivity index (χ0v) is 9.19. The van der Waals surface area contributed by atoms with Crippen LogP contribution in [0.5, 0.6) is 0 Å². The molecular weight excluding hydrogens is 238 g/mol. The van der Waals surface area contributed by atoms with E-state index >= 15 is 0 Å². The monoisotopic (exact) mass is 247 g/mol. The van der Waals surface area contributed by atoms with Crippen molar-refractivity contribution in [2.75, 3.05) is 13.6 Å². The Morgan fingerprint density at radius 1 is 1.67 bits per heavy atom. The van der Waals surface area contributed by atoms with Gasteiger partial charge in [-0.3, -0.25) is 4.90 Å². The van der Waals surface area contributed by atoms with E-state index in [4.69, 9.17) is 0 Å². The van der Waals surface area contributed by atoms with Crippen LogP contribution < -0.4 is 0 Å². The maximum Gasteiger partial charge on any atom is 0.133 e. The summed E-state index contributed by atoms with van der Waals surface area (Å²) >= 11 is 5.09. The van der Waals surface area contributed by atoms with Crippen LogP contribution in [0, 0.1) is 0 Å². The lowest BCUT2D eigenvalue weighted by molar-refractivity contribution is -0.108. The van der Waals surface area contributed by atoms with E-state index in [0.717, 1.165) is 16.6 Å². The molecule has 1 aromatic rings. The minimum absolute atomic E-state index is 0.496.